The number of morpholine rings is 1. The molecule has 0 amide bonds. The van der Waals surface area contributed by atoms with Gasteiger partial charge < -0.3 is 25.7 Å². The van der Waals surface area contributed by atoms with Crippen LogP contribution in [0.4, 0.5) is 8.78 Å². The molecule has 4 aromatic rings. The van der Waals surface area contributed by atoms with Crippen LogP contribution in [-0.2, 0) is 11.2 Å². The number of amidine groups is 1. The van der Waals surface area contributed by atoms with Crippen molar-refractivity contribution in [3.05, 3.63) is 80.9 Å². The molecule has 0 aliphatic carbocycles. The van der Waals surface area contributed by atoms with E-state index < -0.39 is 17.3 Å². The van der Waals surface area contributed by atoms with E-state index in [2.05, 4.69) is 25.9 Å². The summed E-state index contributed by atoms with van der Waals surface area (Å²) in [5.74, 6) is -0.513. The van der Waals surface area contributed by atoms with Gasteiger partial charge in [-0.2, -0.15) is 4.98 Å². The number of H-pyrrole nitrogens is 1. The van der Waals surface area contributed by atoms with E-state index in [1.807, 2.05) is 0 Å². The molecule has 12 heteroatoms. The first-order chi connectivity index (χ1) is 22.2. The van der Waals surface area contributed by atoms with Gasteiger partial charge in [0, 0.05) is 53.9 Å². The second kappa shape index (κ2) is 14.4. The van der Waals surface area contributed by atoms with E-state index in [4.69, 9.17) is 21.7 Å². The molecule has 0 radical (unpaired) electrons. The summed E-state index contributed by atoms with van der Waals surface area (Å²) in [7, 11) is 0. The number of aromatic nitrogens is 3. The zero-order chi connectivity index (χ0) is 32.2. The highest BCUT2D eigenvalue weighted by molar-refractivity contribution is 6.31. The number of aromatic amines is 1. The molecule has 2 saturated heterocycles. The number of halogens is 3. The minimum atomic E-state index is -0.578. The number of hydrogen-bond donors (Lipinski definition) is 5. The van der Waals surface area contributed by atoms with Gasteiger partial charge in [-0.05, 0) is 81.3 Å². The normalized spacial score (nSPS) is 20.2. The van der Waals surface area contributed by atoms with Crippen LogP contribution in [0.5, 0.6) is 0 Å². The zero-order valence-corrected chi connectivity index (χ0v) is 26.7. The molecule has 5 N–H and O–H groups in total. The Morgan fingerprint density at radius 2 is 2.04 bits per heavy atom. The number of fused-ring (bicyclic) bond motifs is 1. The minimum Gasteiger partial charge on any atom is -0.379 e. The number of rotatable bonds is 10. The number of nitrogens with zero attached hydrogens (tertiary/aromatic N) is 2. The summed E-state index contributed by atoms with van der Waals surface area (Å²) in [5.41, 5.74) is 2.32. The highest BCUT2D eigenvalue weighted by Crippen LogP contribution is 2.32. The summed E-state index contributed by atoms with van der Waals surface area (Å²) in [6.45, 7) is 4.68. The summed E-state index contributed by atoms with van der Waals surface area (Å²) < 4.78 is 37.6. The fraction of sp³-hybridized carbons (Fsp3) is 0.441. The zero-order valence-electron chi connectivity index (χ0n) is 25.9. The second-order valence-corrected chi connectivity index (χ2v) is 12.7. The molecule has 2 aromatic carbocycles. The first-order valence-corrected chi connectivity index (χ1v) is 16.4. The molecular weight excluding hydrogens is 612 g/mol. The van der Waals surface area contributed by atoms with E-state index in [9.17, 15) is 4.79 Å². The van der Waals surface area contributed by atoms with Gasteiger partial charge in [0.25, 0.3) is 0 Å². The lowest BCUT2D eigenvalue weighted by atomic mass is 9.91. The van der Waals surface area contributed by atoms with Crippen LogP contribution in [-0.4, -0.2) is 58.8 Å². The largest absolute Gasteiger partial charge is 0.379 e. The molecule has 9 nitrogen and oxygen atoms in total. The van der Waals surface area contributed by atoms with Crippen molar-refractivity contribution < 1.29 is 13.5 Å². The van der Waals surface area contributed by atoms with Gasteiger partial charge in [0.05, 0.1) is 35.5 Å². The fourth-order valence-corrected chi connectivity index (χ4v) is 6.78. The molecule has 0 bridgehead atoms. The maximum atomic E-state index is 15.5. The Balaban J connectivity index is 1.19. The van der Waals surface area contributed by atoms with Crippen molar-refractivity contribution >= 4 is 28.5 Å². The van der Waals surface area contributed by atoms with Crippen molar-refractivity contribution in [2.24, 2.45) is 0 Å². The summed E-state index contributed by atoms with van der Waals surface area (Å²) in [6, 6.07) is 10.4. The highest BCUT2D eigenvalue weighted by Gasteiger charge is 2.25. The van der Waals surface area contributed by atoms with Crippen LogP contribution in [0.3, 0.4) is 0 Å². The average Bonchev–Trinajstić information content (AvgIpc) is 3.45. The topological polar surface area (TPSA) is 120 Å². The Labute approximate surface area is 271 Å². The fourth-order valence-electron chi connectivity index (χ4n) is 6.54. The molecule has 4 heterocycles. The Bertz CT molecular complexity index is 1770. The van der Waals surface area contributed by atoms with Crippen LogP contribution in [0, 0.1) is 17.0 Å². The van der Waals surface area contributed by atoms with Gasteiger partial charge in [-0.15, -0.1) is 0 Å². The molecule has 244 valence electrons. The summed E-state index contributed by atoms with van der Waals surface area (Å²) in [4.78, 5) is 20.3. The standard InChI is InChI=1S/C34H40ClF2N7O2/c1-20(38)39-11-10-23-5-3-7-30(41-23)26-9-8-25(17-29(26)36)44-18-22-16-31(42-33(22)43-34(44)45)27-14-21(15-28(35)32(27)37)4-2-6-24-19-46-13-12-40-24/h8-9,14-18,23-24,30,40-41H,2-7,10-13,19H2,1H3,(H2,38,39)(H,42,43,45)/t23-,24+,30-/m0/s1. The van der Waals surface area contributed by atoms with Crippen molar-refractivity contribution in [1.29, 1.82) is 5.41 Å². The van der Waals surface area contributed by atoms with Crippen molar-refractivity contribution in [2.45, 2.75) is 70.0 Å². The molecule has 0 unspecified atom stereocenters. The third-order valence-electron chi connectivity index (χ3n) is 8.91. The van der Waals surface area contributed by atoms with Crippen LogP contribution in [0.1, 0.15) is 62.6 Å². The van der Waals surface area contributed by atoms with Gasteiger partial charge in [0.1, 0.15) is 11.5 Å². The number of nitrogens with one attached hydrogen (secondary N) is 5. The maximum Gasteiger partial charge on any atom is 0.354 e. The van der Waals surface area contributed by atoms with E-state index in [0.717, 1.165) is 63.7 Å². The van der Waals surface area contributed by atoms with Crippen molar-refractivity contribution in [1.82, 2.24) is 30.5 Å². The second-order valence-electron chi connectivity index (χ2n) is 12.3. The quantitative estimate of drug-likeness (QED) is 0.110. The first kappa shape index (κ1) is 32.3. The third kappa shape index (κ3) is 7.49. The summed E-state index contributed by atoms with van der Waals surface area (Å²) in [5, 5.41) is 18.2. The van der Waals surface area contributed by atoms with Crippen LogP contribution in [0.15, 0.2) is 47.4 Å². The predicted octanol–water partition coefficient (Wildman–Crippen LogP) is 5.78. The molecule has 46 heavy (non-hydrogen) atoms. The Hall–Kier alpha value is -3.64. The molecule has 6 rings (SSSR count). The number of ether oxygens (including phenoxy) is 1. The number of piperidine rings is 1. The third-order valence-corrected chi connectivity index (χ3v) is 9.18. The van der Waals surface area contributed by atoms with Gasteiger partial charge >= 0.3 is 5.69 Å². The SMILES string of the molecule is CC(=N)NCC[C@@H]1CCC[C@@H](c2ccc(-n3cc4cc(-c5cc(CCC[C@@H]6COCCN6)cc(Cl)c5F)[nH]c4nc3=O)cc2F)N1. The van der Waals surface area contributed by atoms with Gasteiger partial charge in [-0.3, -0.25) is 9.98 Å². The molecular formula is C34H40ClF2N7O2. The van der Waals surface area contributed by atoms with Crippen molar-refractivity contribution in [3.8, 4) is 16.9 Å². The van der Waals surface area contributed by atoms with Gasteiger partial charge in [0.2, 0.25) is 0 Å². The average molecular weight is 652 g/mol. The van der Waals surface area contributed by atoms with Crippen LogP contribution >= 0.6 is 11.6 Å². The highest BCUT2D eigenvalue weighted by atomic mass is 35.5. The van der Waals surface area contributed by atoms with E-state index in [1.165, 1.54) is 10.6 Å². The van der Waals surface area contributed by atoms with Gasteiger partial charge in [-0.25, -0.2) is 13.6 Å². The van der Waals surface area contributed by atoms with E-state index in [-0.39, 0.29) is 17.1 Å². The van der Waals surface area contributed by atoms with Crippen LogP contribution < -0.4 is 21.6 Å². The molecule has 0 spiro atoms. The Morgan fingerprint density at radius 3 is 2.83 bits per heavy atom. The maximum absolute atomic E-state index is 15.5. The molecule has 3 atom stereocenters. The van der Waals surface area contributed by atoms with E-state index in [0.29, 0.717) is 58.6 Å². The number of benzene rings is 2. The molecule has 0 saturated carbocycles. The van der Waals surface area contributed by atoms with Crippen molar-refractivity contribution in [3.63, 3.8) is 0 Å². The predicted molar refractivity (Wildman–Crippen MR) is 177 cm³/mol. The van der Waals surface area contributed by atoms with Gasteiger partial charge in [0.15, 0.2) is 5.82 Å². The Kier molecular flexibility index (Phi) is 10.1. The monoisotopic (exact) mass is 651 g/mol. The number of aryl methyl sites for hydroxylation is 1. The van der Waals surface area contributed by atoms with E-state index in [1.54, 1.807) is 43.5 Å². The molecule has 2 aliphatic rings. The van der Waals surface area contributed by atoms with Crippen LogP contribution in [0.2, 0.25) is 5.02 Å². The van der Waals surface area contributed by atoms with Crippen molar-refractivity contribution in [2.75, 3.05) is 26.3 Å². The lowest BCUT2D eigenvalue weighted by Gasteiger charge is -2.32. The molecule has 2 aliphatic heterocycles. The summed E-state index contributed by atoms with van der Waals surface area (Å²) >= 11 is 6.31. The van der Waals surface area contributed by atoms with E-state index >= 15 is 8.78 Å². The lowest BCUT2D eigenvalue weighted by Crippen LogP contribution is -2.41. The lowest BCUT2D eigenvalue weighted by molar-refractivity contribution is 0.0736. The van der Waals surface area contributed by atoms with Gasteiger partial charge in [-0.1, -0.05) is 24.1 Å². The first-order valence-electron chi connectivity index (χ1n) is 16.0. The number of hydrogen-bond acceptors (Lipinski definition) is 6. The minimum absolute atomic E-state index is 0.0327. The Morgan fingerprint density at radius 1 is 1.17 bits per heavy atom. The smallest absolute Gasteiger partial charge is 0.354 e. The summed E-state index contributed by atoms with van der Waals surface area (Å²) in [6.07, 6.45) is 7.80. The van der Waals surface area contributed by atoms with Crippen LogP contribution in [0.25, 0.3) is 28.0 Å². The molecule has 2 fully saturated rings. The molecule has 2 aromatic heterocycles.